The molecule has 5 heteroatoms. The minimum atomic E-state index is -0.853. The van der Waals surface area contributed by atoms with Gasteiger partial charge in [-0.2, -0.15) is 0 Å². The SMILES string of the molecule is CCC(C(=O)O)c1nncn1C. The highest BCUT2D eigenvalue weighted by Crippen LogP contribution is 2.15. The number of aromatic nitrogens is 3. The molecule has 0 spiro atoms. The maximum absolute atomic E-state index is 10.7. The minimum absolute atomic E-state index is 0.505. The molecule has 12 heavy (non-hydrogen) atoms. The number of aliphatic carboxylic acids is 1. The zero-order valence-electron chi connectivity index (χ0n) is 7.06. The van der Waals surface area contributed by atoms with Crippen molar-refractivity contribution in [3.63, 3.8) is 0 Å². The van der Waals surface area contributed by atoms with Gasteiger partial charge in [0.1, 0.15) is 18.1 Å². The molecule has 0 fully saturated rings. The normalized spacial score (nSPS) is 12.8. The van der Waals surface area contributed by atoms with Crippen LogP contribution < -0.4 is 0 Å². The van der Waals surface area contributed by atoms with Gasteiger partial charge in [0.2, 0.25) is 0 Å². The van der Waals surface area contributed by atoms with Gasteiger partial charge in [-0.3, -0.25) is 4.79 Å². The summed E-state index contributed by atoms with van der Waals surface area (Å²) in [4.78, 5) is 10.7. The van der Waals surface area contributed by atoms with Crippen LogP contribution in [0.3, 0.4) is 0 Å². The molecule has 0 saturated heterocycles. The van der Waals surface area contributed by atoms with E-state index >= 15 is 0 Å². The summed E-state index contributed by atoms with van der Waals surface area (Å²) in [5, 5.41) is 16.2. The van der Waals surface area contributed by atoms with Crippen molar-refractivity contribution in [1.82, 2.24) is 14.8 Å². The Bertz CT molecular complexity index is 282. The molecule has 1 atom stereocenters. The third kappa shape index (κ3) is 1.44. The summed E-state index contributed by atoms with van der Waals surface area (Å²) in [6.45, 7) is 1.81. The van der Waals surface area contributed by atoms with Gasteiger partial charge in [-0.25, -0.2) is 0 Å². The molecular weight excluding hydrogens is 158 g/mol. The average Bonchev–Trinajstić information content (AvgIpc) is 2.38. The lowest BCUT2D eigenvalue weighted by Gasteiger charge is -2.07. The molecule has 1 aromatic rings. The predicted molar refractivity (Wildman–Crippen MR) is 41.7 cm³/mol. The number of nitrogens with zero attached hydrogens (tertiary/aromatic N) is 3. The molecule has 0 bridgehead atoms. The van der Waals surface area contributed by atoms with E-state index in [0.29, 0.717) is 12.2 Å². The summed E-state index contributed by atoms with van der Waals surface area (Å²) in [6, 6.07) is 0. The first-order chi connectivity index (χ1) is 5.66. The molecule has 0 aromatic carbocycles. The summed E-state index contributed by atoms with van der Waals surface area (Å²) in [5.41, 5.74) is 0. The average molecular weight is 169 g/mol. The number of carboxylic acid groups (broad SMARTS) is 1. The van der Waals surface area contributed by atoms with Crippen molar-refractivity contribution in [3.05, 3.63) is 12.2 Å². The molecule has 0 aliphatic carbocycles. The van der Waals surface area contributed by atoms with E-state index in [1.54, 1.807) is 11.6 Å². The lowest BCUT2D eigenvalue weighted by atomic mass is 10.1. The summed E-state index contributed by atoms with van der Waals surface area (Å²) >= 11 is 0. The molecule has 0 saturated carbocycles. The molecule has 1 N–H and O–H groups in total. The van der Waals surface area contributed by atoms with E-state index in [1.165, 1.54) is 6.33 Å². The van der Waals surface area contributed by atoms with E-state index in [4.69, 9.17) is 5.11 Å². The van der Waals surface area contributed by atoms with E-state index in [-0.39, 0.29) is 0 Å². The molecule has 0 radical (unpaired) electrons. The molecule has 1 rings (SSSR count). The summed E-state index contributed by atoms with van der Waals surface area (Å²) in [6.07, 6.45) is 2.03. The van der Waals surface area contributed by atoms with Crippen LogP contribution in [0.1, 0.15) is 25.1 Å². The van der Waals surface area contributed by atoms with Gasteiger partial charge in [0.25, 0.3) is 0 Å². The highest BCUT2D eigenvalue weighted by Gasteiger charge is 2.21. The molecule has 1 aromatic heterocycles. The summed E-state index contributed by atoms with van der Waals surface area (Å²) in [5.74, 6) is -0.892. The van der Waals surface area contributed by atoms with Crippen LogP contribution in [0.15, 0.2) is 6.33 Å². The second kappa shape index (κ2) is 3.34. The van der Waals surface area contributed by atoms with E-state index < -0.39 is 11.9 Å². The van der Waals surface area contributed by atoms with Crippen molar-refractivity contribution >= 4 is 5.97 Å². The first-order valence-corrected chi connectivity index (χ1v) is 3.73. The van der Waals surface area contributed by atoms with Gasteiger partial charge in [-0.15, -0.1) is 10.2 Å². The van der Waals surface area contributed by atoms with Crippen LogP contribution in [0, 0.1) is 0 Å². The molecule has 0 aliphatic heterocycles. The third-order valence-electron chi connectivity index (χ3n) is 1.76. The number of carbonyl (C=O) groups is 1. The van der Waals surface area contributed by atoms with Crippen LogP contribution in [-0.2, 0) is 11.8 Å². The largest absolute Gasteiger partial charge is 0.481 e. The Balaban J connectivity index is 2.94. The van der Waals surface area contributed by atoms with Crippen molar-refractivity contribution in [2.75, 3.05) is 0 Å². The number of hydrogen-bond acceptors (Lipinski definition) is 3. The van der Waals surface area contributed by atoms with Crippen molar-refractivity contribution in [3.8, 4) is 0 Å². The van der Waals surface area contributed by atoms with Gasteiger partial charge in [0, 0.05) is 7.05 Å². The van der Waals surface area contributed by atoms with Gasteiger partial charge in [-0.05, 0) is 6.42 Å². The molecule has 1 heterocycles. The fourth-order valence-electron chi connectivity index (χ4n) is 1.08. The van der Waals surface area contributed by atoms with Gasteiger partial charge in [0.15, 0.2) is 0 Å². The molecule has 1 unspecified atom stereocenters. The monoisotopic (exact) mass is 169 g/mol. The number of hydrogen-bond donors (Lipinski definition) is 1. The second-order valence-corrected chi connectivity index (χ2v) is 2.60. The molecular formula is C7H11N3O2. The van der Waals surface area contributed by atoms with Crippen LogP contribution >= 0.6 is 0 Å². The maximum atomic E-state index is 10.7. The van der Waals surface area contributed by atoms with Gasteiger partial charge < -0.3 is 9.67 Å². The first kappa shape index (κ1) is 8.70. The topological polar surface area (TPSA) is 68.0 Å². The number of rotatable bonds is 3. The standard InChI is InChI=1S/C7H11N3O2/c1-3-5(7(11)12)6-9-8-4-10(6)2/h4-5H,3H2,1-2H3,(H,11,12). The summed E-state index contributed by atoms with van der Waals surface area (Å²) in [7, 11) is 1.74. The van der Waals surface area contributed by atoms with Crippen molar-refractivity contribution in [1.29, 1.82) is 0 Å². The zero-order valence-corrected chi connectivity index (χ0v) is 7.06. The number of carboxylic acids is 1. The smallest absolute Gasteiger partial charge is 0.314 e. The van der Waals surface area contributed by atoms with Crippen LogP contribution in [0.4, 0.5) is 0 Å². The number of aryl methyl sites for hydroxylation is 1. The van der Waals surface area contributed by atoms with Crippen LogP contribution in [-0.4, -0.2) is 25.8 Å². The van der Waals surface area contributed by atoms with Crippen LogP contribution in [0.2, 0.25) is 0 Å². The molecule has 5 nitrogen and oxygen atoms in total. The minimum Gasteiger partial charge on any atom is -0.481 e. The fraction of sp³-hybridized carbons (Fsp3) is 0.571. The molecule has 0 aliphatic rings. The quantitative estimate of drug-likeness (QED) is 0.710. The Morgan fingerprint density at radius 2 is 2.50 bits per heavy atom. The van der Waals surface area contributed by atoms with Gasteiger partial charge in [-0.1, -0.05) is 6.92 Å². The Kier molecular flexibility index (Phi) is 2.42. The lowest BCUT2D eigenvalue weighted by molar-refractivity contribution is -0.139. The van der Waals surface area contributed by atoms with Crippen molar-refractivity contribution < 1.29 is 9.90 Å². The van der Waals surface area contributed by atoms with Gasteiger partial charge in [0.05, 0.1) is 0 Å². The first-order valence-electron chi connectivity index (χ1n) is 3.73. The lowest BCUT2D eigenvalue weighted by Crippen LogP contribution is -2.14. The van der Waals surface area contributed by atoms with Gasteiger partial charge >= 0.3 is 5.97 Å². The maximum Gasteiger partial charge on any atom is 0.314 e. The Labute approximate surface area is 70.0 Å². The highest BCUT2D eigenvalue weighted by atomic mass is 16.4. The van der Waals surface area contributed by atoms with Crippen molar-refractivity contribution in [2.24, 2.45) is 7.05 Å². The summed E-state index contributed by atoms with van der Waals surface area (Å²) < 4.78 is 1.63. The Morgan fingerprint density at radius 1 is 1.83 bits per heavy atom. The van der Waals surface area contributed by atoms with Crippen molar-refractivity contribution in [2.45, 2.75) is 19.3 Å². The van der Waals surface area contributed by atoms with E-state index in [1.807, 2.05) is 6.92 Å². The Morgan fingerprint density at radius 3 is 2.83 bits per heavy atom. The zero-order chi connectivity index (χ0) is 9.14. The van der Waals surface area contributed by atoms with Crippen LogP contribution in [0.25, 0.3) is 0 Å². The van der Waals surface area contributed by atoms with E-state index in [2.05, 4.69) is 10.2 Å². The van der Waals surface area contributed by atoms with E-state index in [9.17, 15) is 4.79 Å². The molecule has 66 valence electrons. The highest BCUT2D eigenvalue weighted by molar-refractivity contribution is 5.74. The molecule has 0 amide bonds. The van der Waals surface area contributed by atoms with E-state index in [0.717, 1.165) is 0 Å². The van der Waals surface area contributed by atoms with Crippen LogP contribution in [0.5, 0.6) is 0 Å². The Hall–Kier alpha value is -1.39. The predicted octanol–water partition coefficient (Wildman–Crippen LogP) is 0.393. The second-order valence-electron chi connectivity index (χ2n) is 2.60. The third-order valence-corrected chi connectivity index (χ3v) is 1.76. The fourth-order valence-corrected chi connectivity index (χ4v) is 1.08.